The quantitative estimate of drug-likeness (QED) is 0.187. The van der Waals surface area contributed by atoms with Gasteiger partial charge in [-0.05, 0) is 26.0 Å². The van der Waals surface area contributed by atoms with E-state index in [0.717, 1.165) is 0 Å². The van der Waals surface area contributed by atoms with Gasteiger partial charge in [-0.25, -0.2) is 4.99 Å². The third-order valence-corrected chi connectivity index (χ3v) is 3.59. The number of benzene rings is 1. The highest BCUT2D eigenvalue weighted by Crippen LogP contribution is 2.20. The molecule has 0 aliphatic rings. The molecule has 3 N–H and O–H groups in total. The molecule has 0 aliphatic heterocycles. The summed E-state index contributed by atoms with van der Waals surface area (Å²) in [5.74, 6) is 0.891. The third-order valence-electron chi connectivity index (χ3n) is 3.59. The van der Waals surface area contributed by atoms with E-state index >= 15 is 0 Å². The molecule has 0 spiro atoms. The van der Waals surface area contributed by atoms with E-state index < -0.39 is 10.5 Å². The molecule has 0 radical (unpaired) electrons. The maximum absolute atomic E-state index is 11.1. The van der Waals surface area contributed by atoms with Crippen LogP contribution in [-0.4, -0.2) is 29.1 Å². The van der Waals surface area contributed by atoms with Gasteiger partial charge >= 0.3 is 0 Å². The van der Waals surface area contributed by atoms with Crippen LogP contribution in [0.5, 0.6) is 0 Å². The van der Waals surface area contributed by atoms with Crippen molar-refractivity contribution >= 4 is 35.6 Å². The molecule has 1 aromatic heterocycles. The molecular formula is C17H23IN4O4. The molecule has 0 saturated heterocycles. The van der Waals surface area contributed by atoms with Crippen molar-refractivity contribution in [2.45, 2.75) is 26.0 Å². The van der Waals surface area contributed by atoms with E-state index in [2.05, 4.69) is 15.6 Å². The zero-order chi connectivity index (χ0) is 18.3. The van der Waals surface area contributed by atoms with Crippen LogP contribution in [0.3, 0.4) is 0 Å². The minimum Gasteiger partial charge on any atom is -0.466 e. The summed E-state index contributed by atoms with van der Waals surface area (Å²) in [5, 5.41) is 27.6. The number of nitro groups is 1. The van der Waals surface area contributed by atoms with Crippen molar-refractivity contribution in [3.63, 3.8) is 0 Å². The van der Waals surface area contributed by atoms with Gasteiger partial charge < -0.3 is 20.2 Å². The van der Waals surface area contributed by atoms with Crippen molar-refractivity contribution in [2.75, 3.05) is 13.1 Å². The second-order valence-electron chi connectivity index (χ2n) is 5.69. The molecule has 142 valence electrons. The maximum atomic E-state index is 11.1. The van der Waals surface area contributed by atoms with Crippen molar-refractivity contribution < 1.29 is 14.4 Å². The molecule has 1 atom stereocenters. The normalized spacial score (nSPS) is 13.4. The summed E-state index contributed by atoms with van der Waals surface area (Å²) in [6.45, 7) is 4.47. The second kappa shape index (κ2) is 10.1. The smallest absolute Gasteiger partial charge is 0.274 e. The van der Waals surface area contributed by atoms with Gasteiger partial charge in [-0.1, -0.05) is 18.2 Å². The summed E-state index contributed by atoms with van der Waals surface area (Å²) >= 11 is 0. The van der Waals surface area contributed by atoms with Gasteiger partial charge in [0.05, 0.1) is 29.8 Å². The van der Waals surface area contributed by atoms with Crippen LogP contribution in [0.4, 0.5) is 5.69 Å². The van der Waals surface area contributed by atoms with Gasteiger partial charge in [-0.3, -0.25) is 10.1 Å². The van der Waals surface area contributed by atoms with Crippen LogP contribution in [0.15, 0.2) is 52.1 Å². The van der Waals surface area contributed by atoms with Gasteiger partial charge in [0.2, 0.25) is 0 Å². The van der Waals surface area contributed by atoms with Crippen LogP contribution in [-0.2, 0) is 12.1 Å². The lowest BCUT2D eigenvalue weighted by atomic mass is 10.0. The lowest BCUT2D eigenvalue weighted by Crippen LogP contribution is -2.44. The molecule has 1 heterocycles. The number of rotatable bonds is 7. The molecule has 0 saturated carbocycles. The van der Waals surface area contributed by atoms with E-state index in [9.17, 15) is 15.2 Å². The summed E-state index contributed by atoms with van der Waals surface area (Å²) in [4.78, 5) is 15.0. The summed E-state index contributed by atoms with van der Waals surface area (Å²) < 4.78 is 5.24. The Morgan fingerprint density at radius 1 is 1.31 bits per heavy atom. The molecule has 9 heteroatoms. The minimum absolute atomic E-state index is 0. The number of hydrogen-bond acceptors (Lipinski definition) is 5. The largest absolute Gasteiger partial charge is 0.466 e. The van der Waals surface area contributed by atoms with E-state index in [-0.39, 0.29) is 42.8 Å². The molecular weight excluding hydrogens is 451 g/mol. The molecule has 0 aliphatic carbocycles. The van der Waals surface area contributed by atoms with Crippen LogP contribution in [0, 0.1) is 10.1 Å². The molecule has 2 aromatic rings. The van der Waals surface area contributed by atoms with Crippen molar-refractivity contribution in [1.29, 1.82) is 0 Å². The zero-order valence-corrected chi connectivity index (χ0v) is 17.0. The van der Waals surface area contributed by atoms with E-state index in [1.54, 1.807) is 37.3 Å². The van der Waals surface area contributed by atoms with Crippen molar-refractivity contribution in [3.05, 3.63) is 64.1 Å². The SMILES string of the molecule is CCNC(=NCc1ccccc1[N+](=O)[O-])NCC(C)(O)c1ccco1.I. The molecule has 8 nitrogen and oxygen atoms in total. The van der Waals surface area contributed by atoms with Crippen LogP contribution in [0.1, 0.15) is 25.2 Å². The van der Waals surface area contributed by atoms with Crippen molar-refractivity contribution in [3.8, 4) is 0 Å². The maximum Gasteiger partial charge on any atom is 0.274 e. The fraction of sp³-hybridized carbons (Fsp3) is 0.353. The fourth-order valence-electron chi connectivity index (χ4n) is 2.26. The summed E-state index contributed by atoms with van der Waals surface area (Å²) in [6.07, 6.45) is 1.50. The Morgan fingerprint density at radius 2 is 2.04 bits per heavy atom. The number of hydrogen-bond donors (Lipinski definition) is 3. The average Bonchev–Trinajstić information content (AvgIpc) is 3.13. The number of furan rings is 1. The molecule has 26 heavy (non-hydrogen) atoms. The average molecular weight is 474 g/mol. The Kier molecular flexibility index (Phi) is 8.52. The number of nitrogens with zero attached hydrogens (tertiary/aromatic N) is 2. The van der Waals surface area contributed by atoms with E-state index in [4.69, 9.17) is 4.42 Å². The lowest BCUT2D eigenvalue weighted by Gasteiger charge is -2.22. The van der Waals surface area contributed by atoms with Gasteiger partial charge in [0, 0.05) is 12.6 Å². The number of aliphatic hydroxyl groups is 1. The first-order chi connectivity index (χ1) is 11.9. The summed E-state index contributed by atoms with van der Waals surface area (Å²) in [7, 11) is 0. The highest BCUT2D eigenvalue weighted by Gasteiger charge is 2.26. The van der Waals surface area contributed by atoms with Crippen LogP contribution < -0.4 is 10.6 Å². The first-order valence-corrected chi connectivity index (χ1v) is 7.95. The predicted octanol–water partition coefficient (Wildman–Crippen LogP) is 2.77. The summed E-state index contributed by atoms with van der Waals surface area (Å²) in [6, 6.07) is 9.88. The zero-order valence-electron chi connectivity index (χ0n) is 14.6. The number of para-hydroxylation sites is 1. The number of halogens is 1. The fourth-order valence-corrected chi connectivity index (χ4v) is 2.26. The van der Waals surface area contributed by atoms with Crippen LogP contribution >= 0.6 is 24.0 Å². The monoisotopic (exact) mass is 474 g/mol. The molecule has 2 rings (SSSR count). The number of aliphatic imine (C=N–C) groups is 1. The Labute approximate surface area is 168 Å². The third kappa shape index (κ3) is 5.99. The number of nitrogens with one attached hydrogen (secondary N) is 2. The van der Waals surface area contributed by atoms with Crippen molar-refractivity contribution in [2.24, 2.45) is 4.99 Å². The first-order valence-electron chi connectivity index (χ1n) is 7.95. The Balaban J connectivity index is 0.00000338. The van der Waals surface area contributed by atoms with E-state index in [0.29, 0.717) is 23.8 Å². The summed E-state index contributed by atoms with van der Waals surface area (Å²) in [5.41, 5.74) is -0.662. The molecule has 1 aromatic carbocycles. The highest BCUT2D eigenvalue weighted by molar-refractivity contribution is 14.0. The minimum atomic E-state index is -1.21. The van der Waals surface area contributed by atoms with Gasteiger partial charge in [-0.15, -0.1) is 24.0 Å². The van der Waals surface area contributed by atoms with Gasteiger partial charge in [0.1, 0.15) is 11.4 Å². The van der Waals surface area contributed by atoms with E-state index in [1.807, 2.05) is 6.92 Å². The number of guanidine groups is 1. The lowest BCUT2D eigenvalue weighted by molar-refractivity contribution is -0.385. The van der Waals surface area contributed by atoms with Crippen LogP contribution in [0.2, 0.25) is 0 Å². The molecule has 1 unspecified atom stereocenters. The number of nitro benzene ring substituents is 1. The van der Waals surface area contributed by atoms with Gasteiger partial charge in [-0.2, -0.15) is 0 Å². The van der Waals surface area contributed by atoms with Gasteiger partial charge in [0.15, 0.2) is 5.96 Å². The molecule has 0 amide bonds. The first kappa shape index (κ1) is 21.9. The Bertz CT molecular complexity index is 732. The van der Waals surface area contributed by atoms with E-state index in [1.165, 1.54) is 12.3 Å². The van der Waals surface area contributed by atoms with Gasteiger partial charge in [0.25, 0.3) is 5.69 Å². The Morgan fingerprint density at radius 3 is 2.65 bits per heavy atom. The highest BCUT2D eigenvalue weighted by atomic mass is 127. The Hall–Kier alpha value is -2.14. The van der Waals surface area contributed by atoms with Crippen molar-refractivity contribution in [1.82, 2.24) is 10.6 Å². The molecule has 0 fully saturated rings. The standard InChI is InChI=1S/C17H22N4O4.HI/c1-3-18-16(20-12-17(2,22)15-9-6-10-25-15)19-11-13-7-4-5-8-14(13)21(23)24;/h4-10,22H,3,11-12H2,1-2H3,(H2,18,19,20);1H. The van der Waals surface area contributed by atoms with Crippen LogP contribution in [0.25, 0.3) is 0 Å². The molecule has 0 bridgehead atoms. The second-order valence-corrected chi connectivity index (χ2v) is 5.69. The topological polar surface area (TPSA) is 113 Å². The predicted molar refractivity (Wildman–Crippen MR) is 110 cm³/mol.